The standard InChI is InChI=1S/C24H50BrClO6SSi2/c1-15(2)34(16(3)4,17(5)6)30-13-21-23(24(25,26)22(31-21)14-33(27,28)29)32-35(18(7)8,19(9)10)20(11)12/h15-23H,13-14H2,1-12H3,(H,27,28,29)/t21-,22?,23-,24+/m1/s1. The zero-order chi connectivity index (χ0) is 27.7. The summed E-state index contributed by atoms with van der Waals surface area (Å²) in [5.41, 5.74) is 2.08. The van der Waals surface area contributed by atoms with E-state index >= 15 is 0 Å². The second-order valence-electron chi connectivity index (χ2n) is 12.1. The molecular formula is C24H50BrClO6SSi2. The highest BCUT2D eigenvalue weighted by molar-refractivity contribution is 9.10. The van der Waals surface area contributed by atoms with Crippen LogP contribution < -0.4 is 0 Å². The molecule has 0 radical (unpaired) electrons. The number of hydrogen-bond donors (Lipinski definition) is 1. The Balaban J connectivity index is 3.53. The lowest BCUT2D eigenvalue weighted by Crippen LogP contribution is -2.56. The van der Waals surface area contributed by atoms with E-state index in [1.54, 1.807) is 0 Å². The van der Waals surface area contributed by atoms with E-state index in [2.05, 4.69) is 99.0 Å². The average molecular weight is 638 g/mol. The molecule has 1 rings (SSSR count). The highest BCUT2D eigenvalue weighted by atomic mass is 79.9. The van der Waals surface area contributed by atoms with Crippen LogP contribution in [0.5, 0.6) is 0 Å². The van der Waals surface area contributed by atoms with Crippen LogP contribution in [0.3, 0.4) is 0 Å². The SMILES string of the molecule is CC(C)[Si](OC[C@H]1OC(CS(=O)(=O)O)[C@@](Cl)(Br)[C@@H]1O[Si](C(C)C)(C(C)C)C(C)C)(C(C)C)C(C)C. The minimum absolute atomic E-state index is 0.270. The van der Waals surface area contributed by atoms with E-state index < -0.39 is 54.6 Å². The van der Waals surface area contributed by atoms with Crippen LogP contribution >= 0.6 is 27.5 Å². The van der Waals surface area contributed by atoms with Crippen molar-refractivity contribution >= 4 is 54.3 Å². The predicted octanol–water partition coefficient (Wildman–Crippen LogP) is 7.72. The van der Waals surface area contributed by atoms with Crippen molar-refractivity contribution in [1.82, 2.24) is 0 Å². The van der Waals surface area contributed by atoms with Gasteiger partial charge in [-0.3, -0.25) is 4.55 Å². The number of halogens is 2. The molecule has 1 heterocycles. The summed E-state index contributed by atoms with van der Waals surface area (Å²) in [7, 11) is -8.93. The second-order valence-corrected chi connectivity index (χ2v) is 26.8. The van der Waals surface area contributed by atoms with Gasteiger partial charge in [-0.25, -0.2) is 0 Å². The molecule has 11 heteroatoms. The molecule has 0 amide bonds. The molecule has 210 valence electrons. The van der Waals surface area contributed by atoms with Crippen LogP contribution in [0.15, 0.2) is 0 Å². The van der Waals surface area contributed by atoms with Crippen LogP contribution in [0.1, 0.15) is 83.1 Å². The van der Waals surface area contributed by atoms with E-state index in [0.29, 0.717) is 33.2 Å². The Kier molecular flexibility index (Phi) is 12.1. The number of hydrogen-bond acceptors (Lipinski definition) is 5. The second kappa shape index (κ2) is 12.4. The summed E-state index contributed by atoms with van der Waals surface area (Å²) in [5, 5.41) is 0. The fraction of sp³-hybridized carbons (Fsp3) is 1.00. The first-order valence-electron chi connectivity index (χ1n) is 13.0. The lowest BCUT2D eigenvalue weighted by Gasteiger charge is -2.47. The first-order chi connectivity index (χ1) is 15.7. The molecule has 35 heavy (non-hydrogen) atoms. The molecular weight excluding hydrogens is 588 g/mol. The highest BCUT2D eigenvalue weighted by Gasteiger charge is 2.60. The predicted molar refractivity (Wildman–Crippen MR) is 156 cm³/mol. The van der Waals surface area contributed by atoms with Gasteiger partial charge in [-0.05, 0) is 33.2 Å². The lowest BCUT2D eigenvalue weighted by atomic mass is 10.1. The van der Waals surface area contributed by atoms with Gasteiger partial charge >= 0.3 is 0 Å². The minimum atomic E-state index is -4.32. The van der Waals surface area contributed by atoms with Gasteiger partial charge in [0, 0.05) is 0 Å². The molecule has 6 nitrogen and oxygen atoms in total. The molecule has 1 aliphatic heterocycles. The zero-order valence-electron chi connectivity index (χ0n) is 23.8. The Morgan fingerprint density at radius 1 is 0.857 bits per heavy atom. The average Bonchev–Trinajstić information content (AvgIpc) is 2.86. The van der Waals surface area contributed by atoms with Gasteiger partial charge in [0.25, 0.3) is 10.1 Å². The smallest absolute Gasteiger partial charge is 0.267 e. The monoisotopic (exact) mass is 636 g/mol. The molecule has 0 aromatic carbocycles. The van der Waals surface area contributed by atoms with Crippen LogP contribution in [0.25, 0.3) is 0 Å². The number of alkyl halides is 2. The van der Waals surface area contributed by atoms with E-state index in [0.717, 1.165) is 0 Å². The normalized spacial score (nSPS) is 26.9. The van der Waals surface area contributed by atoms with Gasteiger partial charge in [0.1, 0.15) is 24.1 Å². The number of ether oxygens (including phenoxy) is 1. The fourth-order valence-electron chi connectivity index (χ4n) is 6.78. The summed E-state index contributed by atoms with van der Waals surface area (Å²) in [6.07, 6.45) is -2.18. The summed E-state index contributed by atoms with van der Waals surface area (Å²) < 4.78 is 52.2. The number of rotatable bonds is 13. The minimum Gasteiger partial charge on any atom is -0.413 e. The third kappa shape index (κ3) is 7.15. The largest absolute Gasteiger partial charge is 0.413 e. The van der Waals surface area contributed by atoms with Crippen molar-refractivity contribution in [2.45, 2.75) is 138 Å². The Morgan fingerprint density at radius 2 is 1.23 bits per heavy atom. The summed E-state index contributed by atoms with van der Waals surface area (Å²) >= 11 is 10.6. The lowest BCUT2D eigenvalue weighted by molar-refractivity contribution is -0.0118. The summed E-state index contributed by atoms with van der Waals surface area (Å²) in [4.78, 5) is 0. The van der Waals surface area contributed by atoms with Crippen molar-refractivity contribution in [1.29, 1.82) is 0 Å². The quantitative estimate of drug-likeness (QED) is 0.126. The van der Waals surface area contributed by atoms with Gasteiger partial charge in [0.2, 0.25) is 8.32 Å². The van der Waals surface area contributed by atoms with Crippen molar-refractivity contribution in [2.75, 3.05) is 12.4 Å². The molecule has 0 aliphatic carbocycles. The van der Waals surface area contributed by atoms with Crippen LogP contribution in [-0.2, 0) is 23.7 Å². The van der Waals surface area contributed by atoms with E-state index in [1.165, 1.54) is 0 Å². The van der Waals surface area contributed by atoms with E-state index in [9.17, 15) is 13.0 Å². The first-order valence-corrected chi connectivity index (χ1v) is 20.0. The van der Waals surface area contributed by atoms with Crippen LogP contribution in [0, 0.1) is 0 Å². The molecule has 0 aromatic rings. The third-order valence-corrected chi connectivity index (χ3v) is 22.4. The van der Waals surface area contributed by atoms with Gasteiger partial charge < -0.3 is 13.6 Å². The molecule has 1 aliphatic rings. The third-order valence-electron chi connectivity index (χ3n) is 8.09. The maximum absolute atomic E-state index is 11.8. The summed E-state index contributed by atoms with van der Waals surface area (Å²) in [5.74, 6) is -0.612. The van der Waals surface area contributed by atoms with Gasteiger partial charge in [0.05, 0.1) is 6.61 Å². The van der Waals surface area contributed by atoms with Crippen molar-refractivity contribution < 1.29 is 26.6 Å². The van der Waals surface area contributed by atoms with Crippen molar-refractivity contribution in [3.05, 3.63) is 0 Å². The summed E-state index contributed by atoms with van der Waals surface area (Å²) in [6, 6.07) is 0. The molecule has 0 bridgehead atoms. The molecule has 0 spiro atoms. The molecule has 1 unspecified atom stereocenters. The van der Waals surface area contributed by atoms with Crippen LogP contribution in [0.2, 0.25) is 33.2 Å². The molecule has 0 saturated carbocycles. The van der Waals surface area contributed by atoms with Crippen molar-refractivity contribution in [2.24, 2.45) is 0 Å². The van der Waals surface area contributed by atoms with E-state index in [1.807, 2.05) is 0 Å². The van der Waals surface area contributed by atoms with Gasteiger partial charge in [-0.15, -0.1) is 11.6 Å². The Morgan fingerprint density at radius 3 is 1.54 bits per heavy atom. The summed E-state index contributed by atoms with van der Waals surface area (Å²) in [6.45, 7) is 26.8. The zero-order valence-corrected chi connectivity index (χ0v) is 28.9. The Labute approximate surface area is 230 Å². The van der Waals surface area contributed by atoms with Crippen molar-refractivity contribution in [3.63, 3.8) is 0 Å². The van der Waals surface area contributed by atoms with E-state index in [4.69, 9.17) is 25.2 Å². The molecule has 1 saturated heterocycles. The molecule has 4 atom stereocenters. The molecule has 1 N–H and O–H groups in total. The topological polar surface area (TPSA) is 82.1 Å². The Hall–Kier alpha value is 0.994. The Bertz CT molecular complexity index is 745. The van der Waals surface area contributed by atoms with Gasteiger partial charge in [-0.2, -0.15) is 8.42 Å². The van der Waals surface area contributed by atoms with Crippen LogP contribution in [-0.4, -0.2) is 64.1 Å². The van der Waals surface area contributed by atoms with Crippen LogP contribution in [0.4, 0.5) is 0 Å². The molecule has 1 fully saturated rings. The van der Waals surface area contributed by atoms with Crippen molar-refractivity contribution in [3.8, 4) is 0 Å². The van der Waals surface area contributed by atoms with E-state index in [-0.39, 0.29) is 6.61 Å². The van der Waals surface area contributed by atoms with Gasteiger partial charge in [0.15, 0.2) is 12.1 Å². The first kappa shape index (κ1) is 34.0. The highest BCUT2D eigenvalue weighted by Crippen LogP contribution is 2.51. The molecule has 0 aromatic heterocycles. The maximum atomic E-state index is 11.8. The maximum Gasteiger partial charge on any atom is 0.267 e. The van der Waals surface area contributed by atoms with Gasteiger partial charge in [-0.1, -0.05) is 99.0 Å². The fourth-order valence-corrected chi connectivity index (χ4v) is 20.1.